The Morgan fingerprint density at radius 3 is 2.35 bits per heavy atom. The molecular formula is C18H17N3O2. The standard InChI is InChI=1S/C18H17N3O2/c1-12-11-17(23-3)21-18(19-12)15-9-6-8-14(20-15)13-7-4-5-10-16(13)22-2/h4-11H,1-3H3. The molecule has 3 aromatic rings. The van der Waals surface area contributed by atoms with E-state index in [1.807, 2.05) is 49.4 Å². The Bertz CT molecular complexity index is 834. The van der Waals surface area contributed by atoms with E-state index in [1.165, 1.54) is 0 Å². The number of hydrogen-bond acceptors (Lipinski definition) is 5. The average molecular weight is 307 g/mol. The zero-order chi connectivity index (χ0) is 16.2. The van der Waals surface area contributed by atoms with Gasteiger partial charge in [-0.15, -0.1) is 0 Å². The van der Waals surface area contributed by atoms with Crippen LogP contribution in [0.3, 0.4) is 0 Å². The van der Waals surface area contributed by atoms with Crippen molar-refractivity contribution in [1.29, 1.82) is 0 Å². The molecule has 0 spiro atoms. The molecule has 116 valence electrons. The Balaban J connectivity index is 2.08. The number of nitrogens with zero attached hydrogens (tertiary/aromatic N) is 3. The first-order valence-electron chi connectivity index (χ1n) is 7.22. The summed E-state index contributed by atoms with van der Waals surface area (Å²) in [5, 5.41) is 0. The third-order valence-electron chi connectivity index (χ3n) is 3.40. The summed E-state index contributed by atoms with van der Waals surface area (Å²) in [4.78, 5) is 13.5. The lowest BCUT2D eigenvalue weighted by atomic mass is 10.1. The van der Waals surface area contributed by atoms with Crippen LogP contribution in [-0.2, 0) is 0 Å². The van der Waals surface area contributed by atoms with E-state index in [0.29, 0.717) is 17.4 Å². The van der Waals surface area contributed by atoms with Crippen LogP contribution in [0.15, 0.2) is 48.5 Å². The summed E-state index contributed by atoms with van der Waals surface area (Å²) in [7, 11) is 3.24. The molecule has 0 atom stereocenters. The molecule has 2 heterocycles. The summed E-state index contributed by atoms with van der Waals surface area (Å²) in [6.07, 6.45) is 0. The summed E-state index contributed by atoms with van der Waals surface area (Å²) in [5.74, 6) is 1.84. The lowest BCUT2D eigenvalue weighted by Gasteiger charge is -2.09. The van der Waals surface area contributed by atoms with Crippen molar-refractivity contribution in [2.45, 2.75) is 6.92 Å². The first-order valence-corrected chi connectivity index (χ1v) is 7.22. The Labute approximate surface area is 135 Å². The van der Waals surface area contributed by atoms with Crippen LogP contribution in [0.4, 0.5) is 0 Å². The van der Waals surface area contributed by atoms with Crippen molar-refractivity contribution >= 4 is 0 Å². The summed E-state index contributed by atoms with van der Waals surface area (Å²) in [6.45, 7) is 1.90. The number of ether oxygens (including phenoxy) is 2. The van der Waals surface area contributed by atoms with Gasteiger partial charge in [0.1, 0.15) is 11.4 Å². The van der Waals surface area contributed by atoms with Gasteiger partial charge in [-0.2, -0.15) is 4.98 Å². The molecule has 5 heteroatoms. The van der Waals surface area contributed by atoms with E-state index in [1.54, 1.807) is 20.3 Å². The Hall–Kier alpha value is -2.95. The lowest BCUT2D eigenvalue weighted by Crippen LogP contribution is -1.98. The van der Waals surface area contributed by atoms with E-state index in [4.69, 9.17) is 9.47 Å². The molecule has 0 aliphatic heterocycles. The van der Waals surface area contributed by atoms with Gasteiger partial charge < -0.3 is 9.47 Å². The van der Waals surface area contributed by atoms with Crippen molar-refractivity contribution in [3.8, 4) is 34.4 Å². The van der Waals surface area contributed by atoms with Crippen molar-refractivity contribution in [3.63, 3.8) is 0 Å². The molecule has 0 fully saturated rings. The molecule has 1 aromatic carbocycles. The first-order chi connectivity index (χ1) is 11.2. The molecule has 0 radical (unpaired) electrons. The van der Waals surface area contributed by atoms with Crippen LogP contribution in [0.5, 0.6) is 11.6 Å². The van der Waals surface area contributed by atoms with E-state index in [2.05, 4.69) is 15.0 Å². The van der Waals surface area contributed by atoms with Crippen molar-refractivity contribution in [2.75, 3.05) is 14.2 Å². The van der Waals surface area contributed by atoms with Gasteiger partial charge in [-0.3, -0.25) is 0 Å². The fourth-order valence-corrected chi connectivity index (χ4v) is 2.32. The highest BCUT2D eigenvalue weighted by Gasteiger charge is 2.10. The van der Waals surface area contributed by atoms with Crippen LogP contribution >= 0.6 is 0 Å². The third-order valence-corrected chi connectivity index (χ3v) is 3.40. The predicted molar refractivity (Wildman–Crippen MR) is 88.5 cm³/mol. The first kappa shape index (κ1) is 15.0. The smallest absolute Gasteiger partial charge is 0.216 e. The second-order valence-electron chi connectivity index (χ2n) is 4.98. The van der Waals surface area contributed by atoms with Gasteiger partial charge in [0.15, 0.2) is 5.82 Å². The van der Waals surface area contributed by atoms with E-state index in [0.717, 1.165) is 22.7 Å². The zero-order valence-electron chi connectivity index (χ0n) is 13.3. The number of hydrogen-bond donors (Lipinski definition) is 0. The summed E-state index contributed by atoms with van der Waals surface area (Å²) in [6, 6.07) is 15.3. The lowest BCUT2D eigenvalue weighted by molar-refractivity contribution is 0.397. The Kier molecular flexibility index (Phi) is 4.19. The molecule has 0 saturated carbocycles. The van der Waals surface area contributed by atoms with Crippen LogP contribution in [0.1, 0.15) is 5.69 Å². The fraction of sp³-hybridized carbons (Fsp3) is 0.167. The largest absolute Gasteiger partial charge is 0.496 e. The molecule has 0 bridgehead atoms. The van der Waals surface area contributed by atoms with Gasteiger partial charge in [0.2, 0.25) is 5.88 Å². The van der Waals surface area contributed by atoms with Gasteiger partial charge in [0, 0.05) is 17.3 Å². The number of aromatic nitrogens is 3. The summed E-state index contributed by atoms with van der Waals surface area (Å²) in [5.41, 5.74) is 3.26. The summed E-state index contributed by atoms with van der Waals surface area (Å²) < 4.78 is 10.6. The normalized spacial score (nSPS) is 10.4. The molecule has 2 aromatic heterocycles. The fourth-order valence-electron chi connectivity index (χ4n) is 2.32. The highest BCUT2D eigenvalue weighted by molar-refractivity contribution is 5.69. The number of methoxy groups -OCH3 is 2. The van der Waals surface area contributed by atoms with Gasteiger partial charge in [-0.05, 0) is 31.2 Å². The molecule has 0 N–H and O–H groups in total. The highest BCUT2D eigenvalue weighted by atomic mass is 16.5. The quantitative estimate of drug-likeness (QED) is 0.738. The molecule has 0 saturated heterocycles. The van der Waals surface area contributed by atoms with Crippen molar-refractivity contribution in [1.82, 2.24) is 15.0 Å². The van der Waals surface area contributed by atoms with Gasteiger partial charge in [-0.1, -0.05) is 18.2 Å². The van der Waals surface area contributed by atoms with Crippen LogP contribution in [0.25, 0.3) is 22.8 Å². The van der Waals surface area contributed by atoms with Gasteiger partial charge in [0.05, 0.1) is 19.9 Å². The SMILES string of the molecule is COc1cc(C)nc(-c2cccc(-c3ccccc3OC)n2)n1. The van der Waals surface area contributed by atoms with Crippen molar-refractivity contribution < 1.29 is 9.47 Å². The van der Waals surface area contributed by atoms with E-state index in [9.17, 15) is 0 Å². The van der Waals surface area contributed by atoms with Gasteiger partial charge in [-0.25, -0.2) is 9.97 Å². The van der Waals surface area contributed by atoms with E-state index < -0.39 is 0 Å². The molecule has 0 aliphatic rings. The minimum Gasteiger partial charge on any atom is -0.496 e. The van der Waals surface area contributed by atoms with Crippen LogP contribution in [-0.4, -0.2) is 29.2 Å². The molecule has 23 heavy (non-hydrogen) atoms. The maximum atomic E-state index is 5.41. The maximum Gasteiger partial charge on any atom is 0.216 e. The molecule has 0 aliphatic carbocycles. The number of pyridine rings is 1. The minimum absolute atomic E-state index is 0.525. The number of para-hydroxylation sites is 1. The molecular weight excluding hydrogens is 290 g/mol. The predicted octanol–water partition coefficient (Wildman–Crippen LogP) is 3.53. The van der Waals surface area contributed by atoms with E-state index in [-0.39, 0.29) is 0 Å². The Morgan fingerprint density at radius 1 is 0.783 bits per heavy atom. The second kappa shape index (κ2) is 6.44. The van der Waals surface area contributed by atoms with Crippen LogP contribution in [0.2, 0.25) is 0 Å². The summed E-state index contributed by atoms with van der Waals surface area (Å²) >= 11 is 0. The molecule has 3 rings (SSSR count). The molecule has 5 nitrogen and oxygen atoms in total. The maximum absolute atomic E-state index is 5.41. The zero-order valence-corrected chi connectivity index (χ0v) is 13.3. The monoisotopic (exact) mass is 307 g/mol. The molecule has 0 amide bonds. The topological polar surface area (TPSA) is 57.1 Å². The van der Waals surface area contributed by atoms with Crippen LogP contribution in [0, 0.1) is 6.92 Å². The van der Waals surface area contributed by atoms with Crippen LogP contribution < -0.4 is 9.47 Å². The average Bonchev–Trinajstić information content (AvgIpc) is 2.61. The number of rotatable bonds is 4. The van der Waals surface area contributed by atoms with Crippen molar-refractivity contribution in [3.05, 3.63) is 54.2 Å². The minimum atomic E-state index is 0.525. The third kappa shape index (κ3) is 3.13. The molecule has 0 unspecified atom stereocenters. The van der Waals surface area contributed by atoms with E-state index >= 15 is 0 Å². The second-order valence-corrected chi connectivity index (χ2v) is 4.98. The highest BCUT2D eigenvalue weighted by Crippen LogP contribution is 2.29. The van der Waals surface area contributed by atoms with Crippen molar-refractivity contribution in [2.24, 2.45) is 0 Å². The Morgan fingerprint density at radius 2 is 1.57 bits per heavy atom. The van der Waals surface area contributed by atoms with Gasteiger partial charge in [0.25, 0.3) is 0 Å². The van der Waals surface area contributed by atoms with Gasteiger partial charge >= 0.3 is 0 Å². The number of benzene rings is 1. The number of aryl methyl sites for hydroxylation is 1.